The minimum absolute atomic E-state index is 0.104. The summed E-state index contributed by atoms with van der Waals surface area (Å²) in [6, 6.07) is 4.14. The number of allylic oxidation sites excluding steroid dienone is 2. The molecule has 1 aliphatic carbocycles. The monoisotopic (exact) mass is 407 g/mol. The number of rotatable bonds is 5. The van der Waals surface area contributed by atoms with Crippen molar-refractivity contribution < 1.29 is 0 Å². The van der Waals surface area contributed by atoms with Crippen LogP contribution in [0, 0.1) is 0 Å². The maximum absolute atomic E-state index is 6.29. The topological polar surface area (TPSA) is 46.0 Å². The van der Waals surface area contributed by atoms with Crippen molar-refractivity contribution >= 4 is 17.3 Å². The SMILES string of the molecule is C=C/C(Cl)=C(\C=C)CN1CCC2(CC1)Nc1cccnc1-n1c2cnc1C1CC1. The number of nitrogens with one attached hydrogen (secondary N) is 1. The predicted octanol–water partition coefficient (Wildman–Crippen LogP) is 4.73. The molecule has 1 spiro atoms. The van der Waals surface area contributed by atoms with Gasteiger partial charge in [-0.05, 0) is 43.4 Å². The van der Waals surface area contributed by atoms with Gasteiger partial charge in [-0.2, -0.15) is 0 Å². The number of likely N-dealkylation sites (tertiary alicyclic amines) is 1. The van der Waals surface area contributed by atoms with Crippen molar-refractivity contribution in [3.05, 3.63) is 72.0 Å². The number of nitrogens with zero attached hydrogens (tertiary/aromatic N) is 4. The van der Waals surface area contributed by atoms with E-state index < -0.39 is 0 Å². The molecular weight excluding hydrogens is 382 g/mol. The zero-order valence-electron chi connectivity index (χ0n) is 16.6. The fourth-order valence-corrected chi connectivity index (χ4v) is 4.77. The molecule has 6 heteroatoms. The second-order valence-electron chi connectivity index (χ2n) is 8.25. The van der Waals surface area contributed by atoms with Gasteiger partial charge in [-0.25, -0.2) is 9.97 Å². The molecule has 0 unspecified atom stereocenters. The van der Waals surface area contributed by atoms with Crippen molar-refractivity contribution in [2.24, 2.45) is 0 Å². The fraction of sp³-hybridized carbons (Fsp3) is 0.391. The van der Waals surface area contributed by atoms with Gasteiger partial charge in [0.05, 0.1) is 23.1 Å². The van der Waals surface area contributed by atoms with Gasteiger partial charge < -0.3 is 5.32 Å². The van der Waals surface area contributed by atoms with Crippen molar-refractivity contribution in [2.75, 3.05) is 25.0 Å². The highest BCUT2D eigenvalue weighted by Gasteiger charge is 2.44. The van der Waals surface area contributed by atoms with Gasteiger partial charge in [0.2, 0.25) is 0 Å². The number of aromatic nitrogens is 3. The molecule has 2 aromatic rings. The summed E-state index contributed by atoms with van der Waals surface area (Å²) in [6.07, 6.45) is 12.0. The van der Waals surface area contributed by atoms with E-state index in [0.717, 1.165) is 49.6 Å². The Morgan fingerprint density at radius 1 is 1.24 bits per heavy atom. The molecular formula is C23H26ClN5. The molecule has 0 atom stereocenters. The maximum Gasteiger partial charge on any atom is 0.161 e. The quantitative estimate of drug-likeness (QED) is 0.728. The Morgan fingerprint density at radius 2 is 2.03 bits per heavy atom. The van der Waals surface area contributed by atoms with Crippen LogP contribution < -0.4 is 5.32 Å². The Kier molecular flexibility index (Phi) is 4.60. The first-order valence-electron chi connectivity index (χ1n) is 10.3. The van der Waals surface area contributed by atoms with E-state index in [-0.39, 0.29) is 5.54 Å². The van der Waals surface area contributed by atoms with Crippen LogP contribution in [-0.2, 0) is 5.54 Å². The lowest BCUT2D eigenvalue weighted by Crippen LogP contribution is -2.50. The Labute approximate surface area is 176 Å². The number of hydrogen-bond acceptors (Lipinski definition) is 4. The minimum Gasteiger partial charge on any atom is -0.371 e. The molecule has 2 aliphatic heterocycles. The van der Waals surface area contributed by atoms with E-state index in [2.05, 4.69) is 45.2 Å². The highest BCUT2D eigenvalue weighted by atomic mass is 35.5. The number of fused-ring (bicyclic) bond motifs is 4. The van der Waals surface area contributed by atoms with Crippen LogP contribution in [0.3, 0.4) is 0 Å². The van der Waals surface area contributed by atoms with Crippen LogP contribution in [-0.4, -0.2) is 39.1 Å². The summed E-state index contributed by atoms with van der Waals surface area (Å²) in [5.74, 6) is 2.75. The van der Waals surface area contributed by atoms with Crippen LogP contribution in [0.5, 0.6) is 0 Å². The van der Waals surface area contributed by atoms with Gasteiger partial charge in [0.1, 0.15) is 5.82 Å². The second-order valence-corrected chi connectivity index (χ2v) is 8.66. The third-order valence-corrected chi connectivity index (χ3v) is 6.83. The molecule has 5 rings (SSSR count). The Morgan fingerprint density at radius 3 is 2.72 bits per heavy atom. The standard InChI is InChI=1S/C23H26ClN5/c1-3-16(18(24)4-2)15-28-12-9-23(10-13-28)20-14-26-21(17-7-8-17)29(20)22-19(27-23)6-5-11-25-22/h3-6,11,14,17,27H,1-2,7-10,12-13,15H2/b18-16-. The zero-order valence-corrected chi connectivity index (χ0v) is 17.3. The highest BCUT2D eigenvalue weighted by molar-refractivity contribution is 6.31. The van der Waals surface area contributed by atoms with Crippen molar-refractivity contribution in [2.45, 2.75) is 37.1 Å². The molecule has 2 aromatic heterocycles. The Bertz CT molecular complexity index is 992. The smallest absolute Gasteiger partial charge is 0.161 e. The number of imidazole rings is 1. The van der Waals surface area contributed by atoms with Crippen molar-refractivity contribution in [3.63, 3.8) is 0 Å². The lowest BCUT2D eigenvalue weighted by atomic mass is 9.82. The molecule has 3 aliphatic rings. The summed E-state index contributed by atoms with van der Waals surface area (Å²) in [7, 11) is 0. The van der Waals surface area contributed by atoms with Gasteiger partial charge in [0.15, 0.2) is 5.82 Å². The summed E-state index contributed by atoms with van der Waals surface area (Å²) < 4.78 is 2.34. The summed E-state index contributed by atoms with van der Waals surface area (Å²) in [5, 5.41) is 4.52. The van der Waals surface area contributed by atoms with E-state index in [1.54, 1.807) is 6.08 Å². The summed E-state index contributed by atoms with van der Waals surface area (Å²) >= 11 is 6.29. The van der Waals surface area contributed by atoms with E-state index in [1.807, 2.05) is 18.3 Å². The minimum atomic E-state index is -0.104. The number of halogens is 1. The molecule has 1 saturated heterocycles. The third kappa shape index (κ3) is 3.13. The molecule has 5 nitrogen and oxygen atoms in total. The van der Waals surface area contributed by atoms with Crippen molar-refractivity contribution in [1.82, 2.24) is 19.4 Å². The van der Waals surface area contributed by atoms with Gasteiger partial charge in [-0.1, -0.05) is 36.9 Å². The lowest BCUT2D eigenvalue weighted by Gasteiger charge is -2.45. The number of pyridine rings is 1. The van der Waals surface area contributed by atoms with Gasteiger partial charge in [0.25, 0.3) is 0 Å². The van der Waals surface area contributed by atoms with Crippen molar-refractivity contribution in [1.29, 1.82) is 0 Å². The molecule has 4 heterocycles. The van der Waals surface area contributed by atoms with E-state index in [4.69, 9.17) is 16.6 Å². The van der Waals surface area contributed by atoms with Crippen LogP contribution in [0.1, 0.15) is 43.1 Å². The predicted molar refractivity (Wildman–Crippen MR) is 118 cm³/mol. The first kappa shape index (κ1) is 18.6. The third-order valence-electron chi connectivity index (χ3n) is 6.43. The van der Waals surface area contributed by atoms with Crippen LogP contribution in [0.25, 0.3) is 5.82 Å². The second kappa shape index (κ2) is 7.15. The molecule has 0 radical (unpaired) electrons. The average molecular weight is 408 g/mol. The van der Waals surface area contributed by atoms with Gasteiger partial charge in [-0.15, -0.1) is 0 Å². The van der Waals surface area contributed by atoms with Gasteiger partial charge in [0, 0.05) is 36.8 Å². The molecule has 0 amide bonds. The summed E-state index contributed by atoms with van der Waals surface area (Å²) in [4.78, 5) is 12.0. The molecule has 1 N–H and O–H groups in total. The van der Waals surface area contributed by atoms with E-state index in [9.17, 15) is 0 Å². The first-order valence-corrected chi connectivity index (χ1v) is 10.7. The van der Waals surface area contributed by atoms with E-state index >= 15 is 0 Å². The molecule has 0 aromatic carbocycles. The van der Waals surface area contributed by atoms with Crippen LogP contribution >= 0.6 is 11.6 Å². The fourth-order valence-electron chi connectivity index (χ4n) is 4.63. The zero-order chi connectivity index (χ0) is 20.0. The van der Waals surface area contributed by atoms with Gasteiger partial charge in [-0.3, -0.25) is 9.47 Å². The maximum atomic E-state index is 6.29. The number of anilines is 1. The normalized spacial score (nSPS) is 21.0. The van der Waals surface area contributed by atoms with Crippen LogP contribution in [0.2, 0.25) is 0 Å². The summed E-state index contributed by atoms with van der Waals surface area (Å²) in [6.45, 7) is 10.4. The van der Waals surface area contributed by atoms with E-state index in [1.165, 1.54) is 24.4 Å². The van der Waals surface area contributed by atoms with Crippen molar-refractivity contribution in [3.8, 4) is 5.82 Å². The molecule has 0 bridgehead atoms. The Hall–Kier alpha value is -2.37. The largest absolute Gasteiger partial charge is 0.371 e. The molecule has 2 fully saturated rings. The van der Waals surface area contributed by atoms with E-state index in [0.29, 0.717) is 11.0 Å². The summed E-state index contributed by atoms with van der Waals surface area (Å²) in [5.41, 5.74) is 3.29. The molecule has 1 saturated carbocycles. The molecule has 29 heavy (non-hydrogen) atoms. The number of piperidine rings is 1. The van der Waals surface area contributed by atoms with Crippen LogP contribution in [0.4, 0.5) is 5.69 Å². The lowest BCUT2D eigenvalue weighted by molar-refractivity contribution is 0.180. The molecule has 150 valence electrons. The average Bonchev–Trinajstić information content (AvgIpc) is 3.50. The number of hydrogen-bond donors (Lipinski definition) is 1. The van der Waals surface area contributed by atoms with Gasteiger partial charge >= 0.3 is 0 Å². The Balaban J connectivity index is 1.44. The first-order chi connectivity index (χ1) is 14.1. The van der Waals surface area contributed by atoms with Crippen LogP contribution in [0.15, 0.2) is 60.4 Å². The highest BCUT2D eigenvalue weighted by Crippen LogP contribution is 2.47.